The van der Waals surface area contributed by atoms with E-state index in [0.717, 1.165) is 10.1 Å². The first-order valence-corrected chi connectivity index (χ1v) is 9.18. The second-order valence-electron chi connectivity index (χ2n) is 3.90. The van der Waals surface area contributed by atoms with Gasteiger partial charge in [0.05, 0.1) is 9.82 Å². The fourth-order valence-electron chi connectivity index (χ4n) is 1.59. The van der Waals surface area contributed by atoms with Crippen LogP contribution in [0.4, 0.5) is 10.8 Å². The van der Waals surface area contributed by atoms with Crippen LogP contribution in [0.25, 0.3) is 0 Å². The van der Waals surface area contributed by atoms with Gasteiger partial charge in [0.15, 0.2) is 4.34 Å². The van der Waals surface area contributed by atoms with Crippen molar-refractivity contribution in [2.45, 2.75) is 16.2 Å². The first-order chi connectivity index (χ1) is 10.5. The highest BCUT2D eigenvalue weighted by molar-refractivity contribution is 8.01. The first kappa shape index (κ1) is 16.7. The quantitative estimate of drug-likeness (QED) is 0.366. The Balaban J connectivity index is 2.18. The van der Waals surface area contributed by atoms with Crippen LogP contribution in [0.3, 0.4) is 0 Å². The molecule has 10 heteroatoms. The number of carbonyl (C=O) groups is 1. The Kier molecular flexibility index (Phi) is 5.75. The highest BCUT2D eigenvalue weighted by atomic mass is 32.2. The van der Waals surface area contributed by atoms with Crippen LogP contribution in [0.1, 0.15) is 17.3 Å². The molecule has 1 aromatic carbocycles. The maximum absolute atomic E-state index is 12.1. The number of hydrogen-bond acceptors (Lipinski definition) is 8. The molecule has 0 radical (unpaired) electrons. The van der Waals surface area contributed by atoms with Crippen LogP contribution in [-0.4, -0.2) is 33.0 Å². The SMILES string of the molecule is CCSc1nnc(NC(=O)c2ccc(SC)c([N+](=O)[O-])c2)s1. The van der Waals surface area contributed by atoms with Crippen molar-refractivity contribution < 1.29 is 9.72 Å². The molecule has 0 bridgehead atoms. The summed E-state index contributed by atoms with van der Waals surface area (Å²) in [7, 11) is 0. The summed E-state index contributed by atoms with van der Waals surface area (Å²) in [6.07, 6.45) is 1.75. The molecule has 0 unspecified atom stereocenters. The molecule has 7 nitrogen and oxygen atoms in total. The maximum Gasteiger partial charge on any atom is 0.283 e. The Labute approximate surface area is 139 Å². The Morgan fingerprint density at radius 3 is 2.86 bits per heavy atom. The summed E-state index contributed by atoms with van der Waals surface area (Å²) < 4.78 is 0.765. The second kappa shape index (κ2) is 7.56. The lowest BCUT2D eigenvalue weighted by Crippen LogP contribution is -2.12. The fraction of sp³-hybridized carbons (Fsp3) is 0.250. The predicted octanol–water partition coefficient (Wildman–Crippen LogP) is 3.53. The summed E-state index contributed by atoms with van der Waals surface area (Å²) in [5.41, 5.74) is 0.129. The summed E-state index contributed by atoms with van der Waals surface area (Å²) >= 11 is 4.06. The predicted molar refractivity (Wildman–Crippen MR) is 89.1 cm³/mol. The smallest absolute Gasteiger partial charge is 0.283 e. The number of thioether (sulfide) groups is 2. The zero-order valence-electron chi connectivity index (χ0n) is 11.7. The fourth-order valence-corrected chi connectivity index (χ4v) is 3.78. The topological polar surface area (TPSA) is 98.0 Å². The lowest BCUT2D eigenvalue weighted by molar-refractivity contribution is -0.387. The van der Waals surface area contributed by atoms with Gasteiger partial charge < -0.3 is 0 Å². The number of nitro groups is 1. The van der Waals surface area contributed by atoms with Crippen LogP contribution in [-0.2, 0) is 0 Å². The summed E-state index contributed by atoms with van der Waals surface area (Å²) in [6.45, 7) is 2.00. The lowest BCUT2D eigenvalue weighted by atomic mass is 10.2. The molecule has 0 saturated carbocycles. The zero-order valence-corrected chi connectivity index (χ0v) is 14.2. The Hall–Kier alpha value is -1.65. The van der Waals surface area contributed by atoms with E-state index in [4.69, 9.17) is 0 Å². The minimum atomic E-state index is -0.496. The summed E-state index contributed by atoms with van der Waals surface area (Å²) in [6, 6.07) is 4.39. The highest BCUT2D eigenvalue weighted by Crippen LogP contribution is 2.29. The van der Waals surface area contributed by atoms with Crippen molar-refractivity contribution in [2.75, 3.05) is 17.3 Å². The van der Waals surface area contributed by atoms with Crippen molar-refractivity contribution in [1.82, 2.24) is 10.2 Å². The van der Waals surface area contributed by atoms with Gasteiger partial charge in [0, 0.05) is 11.6 Å². The molecule has 22 heavy (non-hydrogen) atoms. The minimum Gasteiger partial charge on any atom is -0.296 e. The monoisotopic (exact) mass is 356 g/mol. The molecule has 0 atom stereocenters. The third-order valence-electron chi connectivity index (χ3n) is 2.53. The van der Waals surface area contributed by atoms with Gasteiger partial charge in [-0.1, -0.05) is 30.0 Å². The number of nitrogens with one attached hydrogen (secondary N) is 1. The third kappa shape index (κ3) is 3.96. The minimum absolute atomic E-state index is 0.0837. The molecule has 0 spiro atoms. The van der Waals surface area contributed by atoms with E-state index in [1.807, 2.05) is 6.92 Å². The van der Waals surface area contributed by atoms with Crippen molar-refractivity contribution in [3.63, 3.8) is 0 Å². The van der Waals surface area contributed by atoms with E-state index in [2.05, 4.69) is 15.5 Å². The first-order valence-electron chi connectivity index (χ1n) is 6.15. The number of benzene rings is 1. The molecule has 2 aromatic rings. The molecule has 1 heterocycles. The van der Waals surface area contributed by atoms with Gasteiger partial charge in [-0.3, -0.25) is 20.2 Å². The molecule has 2 rings (SSSR count). The van der Waals surface area contributed by atoms with E-state index < -0.39 is 10.8 Å². The molecule has 0 aliphatic rings. The average Bonchev–Trinajstić information content (AvgIpc) is 2.94. The van der Waals surface area contributed by atoms with E-state index in [-0.39, 0.29) is 11.3 Å². The molecular weight excluding hydrogens is 344 g/mol. The van der Waals surface area contributed by atoms with Gasteiger partial charge >= 0.3 is 0 Å². The lowest BCUT2D eigenvalue weighted by Gasteiger charge is -2.03. The normalized spacial score (nSPS) is 10.5. The number of hydrogen-bond donors (Lipinski definition) is 1. The molecule has 1 amide bonds. The second-order valence-corrected chi connectivity index (χ2v) is 7.24. The van der Waals surface area contributed by atoms with Crippen LogP contribution < -0.4 is 5.32 Å². The van der Waals surface area contributed by atoms with Crippen molar-refractivity contribution in [3.8, 4) is 0 Å². The van der Waals surface area contributed by atoms with Crippen LogP contribution in [0.15, 0.2) is 27.4 Å². The van der Waals surface area contributed by atoms with Crippen molar-refractivity contribution >= 4 is 51.6 Å². The summed E-state index contributed by atoms with van der Waals surface area (Å²) in [4.78, 5) is 23.2. The molecule has 0 saturated heterocycles. The van der Waals surface area contributed by atoms with E-state index in [9.17, 15) is 14.9 Å². The van der Waals surface area contributed by atoms with Gasteiger partial charge in [0.2, 0.25) is 5.13 Å². The largest absolute Gasteiger partial charge is 0.296 e. The average molecular weight is 356 g/mol. The van der Waals surface area contributed by atoms with Gasteiger partial charge in [0.25, 0.3) is 11.6 Å². The Morgan fingerprint density at radius 2 is 2.23 bits per heavy atom. The van der Waals surface area contributed by atoms with E-state index in [1.54, 1.807) is 18.4 Å². The van der Waals surface area contributed by atoms with Crippen LogP contribution in [0.2, 0.25) is 0 Å². The van der Waals surface area contributed by atoms with E-state index >= 15 is 0 Å². The van der Waals surface area contributed by atoms with Crippen molar-refractivity contribution in [2.24, 2.45) is 0 Å². The summed E-state index contributed by atoms with van der Waals surface area (Å²) in [5, 5.41) is 21.8. The van der Waals surface area contributed by atoms with Gasteiger partial charge in [0.1, 0.15) is 0 Å². The van der Waals surface area contributed by atoms with E-state index in [1.165, 1.54) is 40.9 Å². The van der Waals surface area contributed by atoms with Gasteiger partial charge in [-0.05, 0) is 24.1 Å². The molecule has 1 aromatic heterocycles. The number of rotatable bonds is 6. The molecule has 0 aliphatic heterocycles. The maximum atomic E-state index is 12.1. The van der Waals surface area contributed by atoms with Gasteiger partial charge in [-0.2, -0.15) is 0 Å². The van der Waals surface area contributed by atoms with Crippen molar-refractivity contribution in [1.29, 1.82) is 0 Å². The number of aromatic nitrogens is 2. The molecular formula is C12H12N4O3S3. The van der Waals surface area contributed by atoms with E-state index in [0.29, 0.717) is 10.0 Å². The standard InChI is InChI=1S/C12H12N4O3S3/c1-3-21-12-15-14-11(22-12)13-10(17)7-4-5-9(20-2)8(6-7)16(18)19/h4-6H,3H2,1-2H3,(H,13,14,17). The Morgan fingerprint density at radius 1 is 1.45 bits per heavy atom. The zero-order chi connectivity index (χ0) is 16.1. The molecule has 0 fully saturated rings. The number of carbonyl (C=O) groups excluding carboxylic acids is 1. The van der Waals surface area contributed by atoms with Gasteiger partial charge in [-0.25, -0.2) is 0 Å². The molecule has 116 valence electrons. The van der Waals surface area contributed by atoms with Crippen molar-refractivity contribution in [3.05, 3.63) is 33.9 Å². The number of nitro benzene ring substituents is 1. The molecule has 1 N–H and O–H groups in total. The van der Waals surface area contributed by atoms with Crippen LogP contribution >= 0.6 is 34.9 Å². The number of anilines is 1. The molecule has 0 aliphatic carbocycles. The third-order valence-corrected chi connectivity index (χ3v) is 5.17. The van der Waals surface area contributed by atoms with Crippen LogP contribution in [0, 0.1) is 10.1 Å². The number of amides is 1. The summed E-state index contributed by atoms with van der Waals surface area (Å²) in [5.74, 6) is 0.422. The van der Waals surface area contributed by atoms with Crippen LogP contribution in [0.5, 0.6) is 0 Å². The highest BCUT2D eigenvalue weighted by Gasteiger charge is 2.18. The Bertz CT molecular complexity index is 705. The number of nitrogens with zero attached hydrogens (tertiary/aromatic N) is 3. The van der Waals surface area contributed by atoms with Gasteiger partial charge in [-0.15, -0.1) is 22.0 Å².